The maximum absolute atomic E-state index is 10.9. The standard InChI is InChI=1S/C12H17N.C9H9NO2.C2H7N/c1-2-6-12(7-3-1)8-11-13-9-4-5-10-13;11-7-6-9(12)10-8-4-2-1-3-5-8;1-3-2/h1-3,6-7H,4-5,8-11H2;1-5,7H,6H2,(H,10,12);3H,1-2H3. The van der Waals surface area contributed by atoms with Gasteiger partial charge in [-0.05, 0) is 64.1 Å². The largest absolute Gasteiger partial charge is 0.326 e. The first-order valence-corrected chi connectivity index (χ1v) is 9.83. The summed E-state index contributed by atoms with van der Waals surface area (Å²) in [5.41, 5.74) is 2.18. The molecule has 0 unspecified atom stereocenters. The van der Waals surface area contributed by atoms with E-state index in [0.29, 0.717) is 12.0 Å². The molecule has 1 fully saturated rings. The summed E-state index contributed by atoms with van der Waals surface area (Å²) in [4.78, 5) is 23.4. The number of carbonyl (C=O) groups is 2. The molecule has 28 heavy (non-hydrogen) atoms. The molecular formula is C23H33N3O2. The predicted molar refractivity (Wildman–Crippen MR) is 117 cm³/mol. The molecule has 1 aliphatic heterocycles. The summed E-state index contributed by atoms with van der Waals surface area (Å²) >= 11 is 0. The van der Waals surface area contributed by atoms with Gasteiger partial charge in [0.1, 0.15) is 6.29 Å². The molecule has 1 saturated heterocycles. The molecule has 1 amide bonds. The molecule has 0 aromatic heterocycles. The third-order valence-corrected chi connectivity index (χ3v) is 4.08. The number of para-hydroxylation sites is 1. The SMILES string of the molecule is CNC.O=CCC(=O)Nc1ccccc1.c1ccc(CCN2CCCC2)cc1. The van der Waals surface area contributed by atoms with Crippen molar-refractivity contribution in [3.63, 3.8) is 0 Å². The Labute approximate surface area is 169 Å². The Kier molecular flexibility index (Phi) is 13.1. The Balaban J connectivity index is 0.000000247. The van der Waals surface area contributed by atoms with Crippen molar-refractivity contribution in [2.45, 2.75) is 25.7 Å². The lowest BCUT2D eigenvalue weighted by Crippen LogP contribution is -2.21. The number of aldehydes is 1. The number of hydrogen-bond donors (Lipinski definition) is 2. The maximum Gasteiger partial charge on any atom is 0.231 e. The molecule has 5 nitrogen and oxygen atoms in total. The number of nitrogens with zero attached hydrogens (tertiary/aromatic N) is 1. The van der Waals surface area contributed by atoms with Gasteiger partial charge in [0.25, 0.3) is 0 Å². The first-order chi connectivity index (χ1) is 13.7. The van der Waals surface area contributed by atoms with Gasteiger partial charge in [0.15, 0.2) is 0 Å². The third kappa shape index (κ3) is 11.3. The minimum atomic E-state index is -0.281. The number of benzene rings is 2. The van der Waals surface area contributed by atoms with Crippen LogP contribution >= 0.6 is 0 Å². The summed E-state index contributed by atoms with van der Waals surface area (Å²) in [6.45, 7) is 3.86. The molecular weight excluding hydrogens is 350 g/mol. The molecule has 0 spiro atoms. The number of rotatable bonds is 6. The molecule has 2 N–H and O–H groups in total. The minimum absolute atomic E-state index is 0.0884. The van der Waals surface area contributed by atoms with Gasteiger partial charge in [-0.1, -0.05) is 48.5 Å². The normalized spacial score (nSPS) is 12.8. The van der Waals surface area contributed by atoms with Crippen molar-refractivity contribution >= 4 is 17.9 Å². The highest BCUT2D eigenvalue weighted by Gasteiger charge is 2.10. The van der Waals surface area contributed by atoms with Crippen LogP contribution in [0.25, 0.3) is 0 Å². The number of likely N-dealkylation sites (tertiary alicyclic amines) is 1. The average molecular weight is 384 g/mol. The van der Waals surface area contributed by atoms with Crippen LogP contribution in [0.5, 0.6) is 0 Å². The van der Waals surface area contributed by atoms with Crippen LogP contribution in [0.1, 0.15) is 24.8 Å². The molecule has 0 atom stereocenters. The smallest absolute Gasteiger partial charge is 0.231 e. The molecule has 2 aromatic rings. The van der Waals surface area contributed by atoms with Gasteiger partial charge in [0.05, 0.1) is 6.42 Å². The van der Waals surface area contributed by atoms with E-state index in [0.717, 1.165) is 0 Å². The summed E-state index contributed by atoms with van der Waals surface area (Å²) in [5, 5.41) is 5.32. The fraction of sp³-hybridized carbons (Fsp3) is 0.391. The van der Waals surface area contributed by atoms with Crippen molar-refractivity contribution in [2.75, 3.05) is 39.0 Å². The van der Waals surface area contributed by atoms with Crippen LogP contribution in [0, 0.1) is 0 Å². The summed E-state index contributed by atoms with van der Waals surface area (Å²) < 4.78 is 0. The molecule has 5 heteroatoms. The highest BCUT2D eigenvalue weighted by atomic mass is 16.2. The summed E-state index contributed by atoms with van der Waals surface area (Å²) in [6.07, 6.45) is 4.50. The van der Waals surface area contributed by atoms with E-state index in [4.69, 9.17) is 0 Å². The van der Waals surface area contributed by atoms with Gasteiger partial charge < -0.3 is 20.3 Å². The van der Waals surface area contributed by atoms with Crippen LogP contribution in [-0.2, 0) is 16.0 Å². The molecule has 152 valence electrons. The van der Waals surface area contributed by atoms with E-state index in [1.807, 2.05) is 32.3 Å². The quantitative estimate of drug-likeness (QED) is 0.593. The molecule has 0 aliphatic carbocycles. The first-order valence-electron chi connectivity index (χ1n) is 9.83. The van der Waals surface area contributed by atoms with Crippen LogP contribution in [-0.4, -0.2) is 50.8 Å². The van der Waals surface area contributed by atoms with Crippen molar-refractivity contribution in [3.05, 3.63) is 66.2 Å². The van der Waals surface area contributed by atoms with Crippen LogP contribution in [0.15, 0.2) is 60.7 Å². The van der Waals surface area contributed by atoms with Crippen molar-refractivity contribution in [1.29, 1.82) is 0 Å². The topological polar surface area (TPSA) is 61.4 Å². The van der Waals surface area contributed by atoms with Crippen molar-refractivity contribution in [2.24, 2.45) is 0 Å². The van der Waals surface area contributed by atoms with Gasteiger partial charge in [-0.2, -0.15) is 0 Å². The van der Waals surface area contributed by atoms with Gasteiger partial charge in [-0.15, -0.1) is 0 Å². The Bertz CT molecular complexity index is 641. The number of amides is 1. The van der Waals surface area contributed by atoms with Gasteiger partial charge in [0, 0.05) is 12.2 Å². The highest BCUT2D eigenvalue weighted by Crippen LogP contribution is 2.09. The lowest BCUT2D eigenvalue weighted by molar-refractivity contribution is -0.119. The maximum atomic E-state index is 10.9. The lowest BCUT2D eigenvalue weighted by atomic mass is 10.1. The fourth-order valence-corrected chi connectivity index (χ4v) is 2.75. The van der Waals surface area contributed by atoms with E-state index in [2.05, 4.69) is 45.9 Å². The monoisotopic (exact) mass is 383 g/mol. The van der Waals surface area contributed by atoms with E-state index < -0.39 is 0 Å². The summed E-state index contributed by atoms with van der Waals surface area (Å²) in [7, 11) is 3.75. The molecule has 0 bridgehead atoms. The van der Waals surface area contributed by atoms with Gasteiger partial charge >= 0.3 is 0 Å². The Morgan fingerprint density at radius 3 is 2.04 bits per heavy atom. The number of carbonyl (C=O) groups excluding carboxylic acids is 2. The zero-order valence-corrected chi connectivity index (χ0v) is 17.1. The Morgan fingerprint density at radius 2 is 1.50 bits per heavy atom. The zero-order chi connectivity index (χ0) is 20.5. The van der Waals surface area contributed by atoms with E-state index in [1.165, 1.54) is 44.5 Å². The van der Waals surface area contributed by atoms with E-state index >= 15 is 0 Å². The van der Waals surface area contributed by atoms with Crippen molar-refractivity contribution in [3.8, 4) is 0 Å². The Hall–Kier alpha value is -2.50. The number of anilines is 1. The molecule has 2 aromatic carbocycles. The van der Waals surface area contributed by atoms with Gasteiger partial charge in [-0.3, -0.25) is 4.79 Å². The first kappa shape index (κ1) is 23.5. The van der Waals surface area contributed by atoms with Crippen LogP contribution in [0.3, 0.4) is 0 Å². The number of hydrogen-bond acceptors (Lipinski definition) is 4. The van der Waals surface area contributed by atoms with Crippen molar-refractivity contribution < 1.29 is 9.59 Å². The lowest BCUT2D eigenvalue weighted by Gasteiger charge is -2.13. The van der Waals surface area contributed by atoms with Gasteiger partial charge in [0.2, 0.25) is 5.91 Å². The highest BCUT2D eigenvalue weighted by molar-refractivity contribution is 5.97. The van der Waals surface area contributed by atoms with Crippen LogP contribution in [0.2, 0.25) is 0 Å². The second-order valence-corrected chi connectivity index (χ2v) is 6.57. The second-order valence-electron chi connectivity index (χ2n) is 6.57. The molecule has 0 saturated carbocycles. The third-order valence-electron chi connectivity index (χ3n) is 4.08. The Morgan fingerprint density at radius 1 is 0.964 bits per heavy atom. The molecule has 0 radical (unpaired) electrons. The number of nitrogens with one attached hydrogen (secondary N) is 2. The van der Waals surface area contributed by atoms with E-state index in [-0.39, 0.29) is 12.3 Å². The zero-order valence-electron chi connectivity index (χ0n) is 17.1. The summed E-state index contributed by atoms with van der Waals surface area (Å²) in [6, 6.07) is 19.8. The molecule has 1 heterocycles. The van der Waals surface area contributed by atoms with E-state index in [9.17, 15) is 9.59 Å². The fourth-order valence-electron chi connectivity index (χ4n) is 2.75. The minimum Gasteiger partial charge on any atom is -0.326 e. The van der Waals surface area contributed by atoms with Crippen molar-refractivity contribution in [1.82, 2.24) is 10.2 Å². The van der Waals surface area contributed by atoms with Crippen LogP contribution in [0.4, 0.5) is 5.69 Å². The predicted octanol–water partition coefficient (Wildman–Crippen LogP) is 3.37. The average Bonchev–Trinajstić information content (AvgIpc) is 3.23. The molecule has 3 rings (SSSR count). The van der Waals surface area contributed by atoms with Gasteiger partial charge in [-0.25, -0.2) is 0 Å². The molecule has 1 aliphatic rings. The van der Waals surface area contributed by atoms with Crippen LogP contribution < -0.4 is 10.6 Å². The van der Waals surface area contributed by atoms with E-state index in [1.54, 1.807) is 12.1 Å². The second kappa shape index (κ2) is 15.5. The summed E-state index contributed by atoms with van der Waals surface area (Å²) in [5.74, 6) is -0.281.